The van der Waals surface area contributed by atoms with E-state index in [0.29, 0.717) is 0 Å². The van der Waals surface area contributed by atoms with Crippen molar-refractivity contribution < 1.29 is 9.53 Å². The largest absolute Gasteiger partial charge is 0.462 e. The molecule has 1 unspecified atom stereocenters. The molecule has 2 nitrogen and oxygen atoms in total. The molecular weight excluding hydrogens is 200 g/mol. The molecule has 1 saturated carbocycles. The first-order chi connectivity index (χ1) is 7.65. The molecule has 1 atom stereocenters. The van der Waals surface area contributed by atoms with Crippen LogP contribution in [0.15, 0.2) is 24.3 Å². The number of rotatable bonds is 4. The summed E-state index contributed by atoms with van der Waals surface area (Å²) in [4.78, 5) is 11.4. The number of carbonyl (C=O) groups is 1. The molecule has 0 heterocycles. The maximum Gasteiger partial charge on any atom is 0.309 e. The van der Waals surface area contributed by atoms with E-state index in [4.69, 9.17) is 4.74 Å². The Morgan fingerprint density at radius 2 is 2.00 bits per heavy atom. The van der Waals surface area contributed by atoms with Gasteiger partial charge in [-0.2, -0.15) is 0 Å². The van der Waals surface area contributed by atoms with E-state index in [2.05, 4.69) is 31.2 Å². The third kappa shape index (κ3) is 3.09. The molecule has 0 spiro atoms. The maximum absolute atomic E-state index is 11.4. The van der Waals surface area contributed by atoms with Gasteiger partial charge in [0.2, 0.25) is 0 Å². The summed E-state index contributed by atoms with van der Waals surface area (Å²) >= 11 is 0. The van der Waals surface area contributed by atoms with Crippen molar-refractivity contribution in [2.24, 2.45) is 5.92 Å². The van der Waals surface area contributed by atoms with Gasteiger partial charge in [0.25, 0.3) is 0 Å². The first-order valence-corrected chi connectivity index (χ1v) is 5.91. The summed E-state index contributed by atoms with van der Waals surface area (Å²) < 4.78 is 5.37. The van der Waals surface area contributed by atoms with Gasteiger partial charge in [0.15, 0.2) is 0 Å². The quantitative estimate of drug-likeness (QED) is 0.726. The smallest absolute Gasteiger partial charge is 0.309 e. The number of benzene rings is 1. The van der Waals surface area contributed by atoms with Crippen molar-refractivity contribution in [2.45, 2.75) is 39.2 Å². The minimum absolute atomic E-state index is 0.0142. The molecule has 86 valence electrons. The summed E-state index contributed by atoms with van der Waals surface area (Å²) in [5, 5.41) is 0. The second kappa shape index (κ2) is 4.69. The maximum atomic E-state index is 11.4. The molecule has 1 aliphatic rings. The fourth-order valence-electron chi connectivity index (χ4n) is 1.71. The van der Waals surface area contributed by atoms with Crippen LogP contribution in [0.3, 0.4) is 0 Å². The third-order valence-electron chi connectivity index (χ3n) is 2.87. The first kappa shape index (κ1) is 11.2. The van der Waals surface area contributed by atoms with Crippen molar-refractivity contribution in [1.82, 2.24) is 0 Å². The van der Waals surface area contributed by atoms with Crippen molar-refractivity contribution >= 4 is 5.97 Å². The first-order valence-electron chi connectivity index (χ1n) is 5.91. The molecule has 1 aliphatic carbocycles. The predicted octanol–water partition coefficient (Wildman–Crippen LogP) is 2.88. The molecule has 0 radical (unpaired) electrons. The lowest BCUT2D eigenvalue weighted by molar-refractivity contribution is -0.149. The fourth-order valence-corrected chi connectivity index (χ4v) is 1.71. The third-order valence-corrected chi connectivity index (χ3v) is 2.87. The van der Waals surface area contributed by atoms with E-state index in [9.17, 15) is 4.79 Å². The van der Waals surface area contributed by atoms with Gasteiger partial charge in [-0.15, -0.1) is 0 Å². The Hall–Kier alpha value is -1.31. The van der Waals surface area contributed by atoms with Crippen LogP contribution < -0.4 is 0 Å². The van der Waals surface area contributed by atoms with Crippen LogP contribution in [0.1, 0.15) is 30.9 Å². The van der Waals surface area contributed by atoms with Gasteiger partial charge in [0, 0.05) is 6.42 Å². The minimum Gasteiger partial charge on any atom is -0.462 e. The Morgan fingerprint density at radius 3 is 2.56 bits per heavy atom. The van der Waals surface area contributed by atoms with E-state index in [-0.39, 0.29) is 18.0 Å². The zero-order valence-corrected chi connectivity index (χ0v) is 9.90. The molecule has 1 aromatic carbocycles. The molecule has 2 rings (SSSR count). The highest BCUT2D eigenvalue weighted by molar-refractivity contribution is 5.75. The lowest BCUT2D eigenvalue weighted by Gasteiger charge is -2.13. The number of carbonyl (C=O) groups excluding carboxylic acids is 1. The lowest BCUT2D eigenvalue weighted by atomic mass is 10.1. The number of hydrogen-bond acceptors (Lipinski definition) is 2. The zero-order valence-electron chi connectivity index (χ0n) is 9.90. The van der Waals surface area contributed by atoms with Crippen LogP contribution in [0.4, 0.5) is 0 Å². The van der Waals surface area contributed by atoms with E-state index >= 15 is 0 Å². The van der Waals surface area contributed by atoms with Crippen LogP contribution in [0.5, 0.6) is 0 Å². The summed E-state index contributed by atoms with van der Waals surface area (Å²) in [5.41, 5.74) is 2.48. The van der Waals surface area contributed by atoms with Crippen molar-refractivity contribution in [3.8, 4) is 0 Å². The molecule has 0 aromatic heterocycles. The topological polar surface area (TPSA) is 26.3 Å². The van der Waals surface area contributed by atoms with E-state index in [0.717, 1.165) is 19.3 Å². The van der Waals surface area contributed by atoms with Gasteiger partial charge >= 0.3 is 5.97 Å². The minimum atomic E-state index is -0.0178. The van der Waals surface area contributed by atoms with Crippen LogP contribution in [-0.4, -0.2) is 12.1 Å². The van der Waals surface area contributed by atoms with Crippen LogP contribution in [0, 0.1) is 12.8 Å². The van der Waals surface area contributed by atoms with Gasteiger partial charge < -0.3 is 4.74 Å². The zero-order chi connectivity index (χ0) is 11.5. The van der Waals surface area contributed by atoms with Crippen molar-refractivity contribution in [2.75, 3.05) is 0 Å². The molecule has 1 fully saturated rings. The SMILES string of the molecule is Cc1ccc(CC(C)OC(=O)C2CC2)cc1. The van der Waals surface area contributed by atoms with Gasteiger partial charge in [-0.05, 0) is 32.3 Å². The van der Waals surface area contributed by atoms with Crippen LogP contribution in [0.25, 0.3) is 0 Å². The standard InChI is InChI=1S/C14H18O2/c1-10-3-5-12(6-4-10)9-11(2)16-14(15)13-7-8-13/h3-6,11,13H,7-9H2,1-2H3. The van der Waals surface area contributed by atoms with Crippen molar-refractivity contribution in [3.63, 3.8) is 0 Å². The number of hydrogen-bond donors (Lipinski definition) is 0. The Labute approximate surface area is 96.6 Å². The Bertz CT molecular complexity index is 363. The van der Waals surface area contributed by atoms with Gasteiger partial charge in [-0.3, -0.25) is 4.79 Å². The van der Waals surface area contributed by atoms with E-state index in [1.165, 1.54) is 11.1 Å². The molecule has 2 heteroatoms. The molecule has 0 saturated heterocycles. The van der Waals surface area contributed by atoms with Crippen LogP contribution in [0.2, 0.25) is 0 Å². The molecule has 0 bridgehead atoms. The van der Waals surface area contributed by atoms with E-state index in [1.54, 1.807) is 0 Å². The van der Waals surface area contributed by atoms with E-state index in [1.807, 2.05) is 6.92 Å². The Kier molecular flexibility index (Phi) is 3.28. The average molecular weight is 218 g/mol. The summed E-state index contributed by atoms with van der Waals surface area (Å²) in [6, 6.07) is 8.36. The monoisotopic (exact) mass is 218 g/mol. The molecule has 0 amide bonds. The van der Waals surface area contributed by atoms with Gasteiger partial charge in [0.05, 0.1) is 5.92 Å². The Morgan fingerprint density at radius 1 is 1.38 bits per heavy atom. The molecule has 0 N–H and O–H groups in total. The number of aryl methyl sites for hydroxylation is 1. The normalized spacial score (nSPS) is 16.9. The average Bonchev–Trinajstić information content (AvgIpc) is 3.04. The molecule has 16 heavy (non-hydrogen) atoms. The van der Waals surface area contributed by atoms with Crippen LogP contribution >= 0.6 is 0 Å². The van der Waals surface area contributed by atoms with Gasteiger partial charge in [-0.1, -0.05) is 29.8 Å². The second-order valence-electron chi connectivity index (χ2n) is 4.71. The predicted molar refractivity (Wildman–Crippen MR) is 63.2 cm³/mol. The number of ether oxygens (including phenoxy) is 1. The molecular formula is C14H18O2. The van der Waals surface area contributed by atoms with Crippen molar-refractivity contribution in [1.29, 1.82) is 0 Å². The van der Waals surface area contributed by atoms with Crippen molar-refractivity contribution in [3.05, 3.63) is 35.4 Å². The highest BCUT2D eigenvalue weighted by Gasteiger charge is 2.32. The molecule has 1 aromatic rings. The van der Waals surface area contributed by atoms with Crippen LogP contribution in [-0.2, 0) is 16.0 Å². The second-order valence-corrected chi connectivity index (χ2v) is 4.71. The number of esters is 1. The highest BCUT2D eigenvalue weighted by Crippen LogP contribution is 2.30. The fraction of sp³-hybridized carbons (Fsp3) is 0.500. The summed E-state index contributed by atoms with van der Waals surface area (Å²) in [6.07, 6.45) is 2.81. The van der Waals surface area contributed by atoms with E-state index < -0.39 is 0 Å². The summed E-state index contributed by atoms with van der Waals surface area (Å²) in [5.74, 6) is 0.181. The van der Waals surface area contributed by atoms with Gasteiger partial charge in [-0.25, -0.2) is 0 Å². The Balaban J connectivity index is 1.83. The lowest BCUT2D eigenvalue weighted by Crippen LogP contribution is -2.18. The van der Waals surface area contributed by atoms with Gasteiger partial charge in [0.1, 0.15) is 6.10 Å². The summed E-state index contributed by atoms with van der Waals surface area (Å²) in [7, 11) is 0. The summed E-state index contributed by atoms with van der Waals surface area (Å²) in [6.45, 7) is 4.03. The highest BCUT2D eigenvalue weighted by atomic mass is 16.5. The molecule has 0 aliphatic heterocycles.